The van der Waals surface area contributed by atoms with Gasteiger partial charge in [-0.1, -0.05) is 97.8 Å². The first kappa shape index (κ1) is 46.5. The molecule has 3 aliphatic rings. The normalized spacial score (nSPS) is 22.2. The van der Waals surface area contributed by atoms with Gasteiger partial charge >= 0.3 is 11.9 Å². The van der Waals surface area contributed by atoms with Crippen molar-refractivity contribution in [3.8, 4) is 0 Å². The Morgan fingerprint density at radius 2 is 1.53 bits per heavy atom. The average molecular weight is 845 g/mol. The topological polar surface area (TPSA) is 129 Å². The summed E-state index contributed by atoms with van der Waals surface area (Å²) in [6, 6.07) is 0. The maximum atomic E-state index is 14.4. The number of hydrogen-bond donors (Lipinski definition) is 4. The standard InChI is InChI=1S/C53H72N4O5/c1-12-15-18-30(4)19-16-20-31(5)21-17-22-32(6)25-26-62-46(58)24-23-39-35(9)42-27-40-33(7)37(13-2)44(54-40)28-41-34(8)38(14-3)45(55-41)29-43-36(10)47-51(57-43)48(50(39)56-42)49(52(47)59)53(60)61-11/h13,25,27-31,35,39,49,54-57H,2,12,14-24,26H2,1,3-11H3/b32-25-,41-28-,42-27-,45-29-,50-48-/t30-,31-,35+,39+,49-/m1/s1. The number of allylic oxidation sites excluding steroid dienone is 3. The van der Waals surface area contributed by atoms with Crippen LogP contribution in [0.2, 0.25) is 0 Å². The van der Waals surface area contributed by atoms with Crippen LogP contribution in [0.15, 0.2) is 29.6 Å². The molecule has 1 saturated heterocycles. The monoisotopic (exact) mass is 845 g/mol. The molecule has 2 aliphatic heterocycles. The van der Waals surface area contributed by atoms with E-state index in [4.69, 9.17) is 9.47 Å². The van der Waals surface area contributed by atoms with Gasteiger partial charge in [-0.3, -0.25) is 14.4 Å². The largest absolute Gasteiger partial charge is 0.468 e. The molecule has 0 saturated carbocycles. The van der Waals surface area contributed by atoms with Gasteiger partial charge < -0.3 is 29.7 Å². The van der Waals surface area contributed by atoms with Crippen LogP contribution in [0.25, 0.3) is 29.9 Å². The Balaban J connectivity index is 1.26. The first-order valence-electron chi connectivity index (χ1n) is 23.4. The van der Waals surface area contributed by atoms with Crippen LogP contribution >= 0.6 is 0 Å². The molecule has 5 heterocycles. The second-order valence-electron chi connectivity index (χ2n) is 18.5. The van der Waals surface area contributed by atoms with Crippen LogP contribution in [0.3, 0.4) is 0 Å². The molecule has 9 nitrogen and oxygen atoms in total. The maximum Gasteiger partial charge on any atom is 0.321 e. The van der Waals surface area contributed by atoms with Gasteiger partial charge in [-0.25, -0.2) is 0 Å². The molecule has 6 rings (SSSR count). The minimum absolute atomic E-state index is 0.0864. The summed E-state index contributed by atoms with van der Waals surface area (Å²) in [6.45, 7) is 24.0. The highest BCUT2D eigenvalue weighted by molar-refractivity contribution is 6.24. The van der Waals surface area contributed by atoms with Gasteiger partial charge in [-0.15, -0.1) is 0 Å². The lowest BCUT2D eigenvalue weighted by Gasteiger charge is -2.19. The summed E-state index contributed by atoms with van der Waals surface area (Å²) < 4.78 is 11.1. The maximum absolute atomic E-state index is 14.4. The van der Waals surface area contributed by atoms with Gasteiger partial charge in [0.1, 0.15) is 12.5 Å². The second kappa shape index (κ2) is 20.4. The van der Waals surface area contributed by atoms with Crippen molar-refractivity contribution in [2.24, 2.45) is 29.6 Å². The fourth-order valence-corrected chi connectivity index (χ4v) is 10.1. The average Bonchev–Trinajstić information content (AvgIpc) is 3.99. The summed E-state index contributed by atoms with van der Waals surface area (Å²) in [5, 5.41) is 5.66. The third-order valence-electron chi connectivity index (χ3n) is 14.1. The molecule has 9 heteroatoms. The number of hydrogen-bond acceptors (Lipinski definition) is 6. The number of Topliss-reactive ketones (excluding diaryl/α,β-unsaturated/α-hetero) is 1. The molecule has 1 aliphatic carbocycles. The van der Waals surface area contributed by atoms with Crippen molar-refractivity contribution in [1.82, 2.24) is 20.3 Å². The van der Waals surface area contributed by atoms with Gasteiger partial charge in [-0.05, 0) is 112 Å². The van der Waals surface area contributed by atoms with Gasteiger partial charge in [0.15, 0.2) is 5.78 Å². The van der Waals surface area contributed by atoms with Crippen molar-refractivity contribution < 1.29 is 23.9 Å². The lowest BCUT2D eigenvalue weighted by atomic mass is 9.85. The van der Waals surface area contributed by atoms with Crippen LogP contribution in [0, 0.1) is 50.4 Å². The van der Waals surface area contributed by atoms with E-state index < -0.39 is 11.9 Å². The molecule has 3 aromatic heterocycles. The zero-order chi connectivity index (χ0) is 44.8. The van der Waals surface area contributed by atoms with Gasteiger partial charge in [0.25, 0.3) is 0 Å². The minimum atomic E-state index is -1.14. The highest BCUT2D eigenvalue weighted by Crippen LogP contribution is 2.48. The number of H-pyrrole nitrogens is 3. The number of aromatic nitrogens is 3. The van der Waals surface area contributed by atoms with Crippen LogP contribution in [0.5, 0.6) is 0 Å². The molecule has 3 aromatic rings. The number of carbonyl (C=O) groups is 3. The van der Waals surface area contributed by atoms with Crippen LogP contribution in [-0.2, 0) is 25.5 Å². The number of aromatic amines is 3. The van der Waals surface area contributed by atoms with Gasteiger partial charge in [0, 0.05) is 74.1 Å². The predicted octanol–water partition coefficient (Wildman–Crippen LogP) is 10.4. The van der Waals surface area contributed by atoms with E-state index >= 15 is 0 Å². The molecule has 0 unspecified atom stereocenters. The van der Waals surface area contributed by atoms with Crippen molar-refractivity contribution >= 4 is 47.6 Å². The molecule has 334 valence electrons. The van der Waals surface area contributed by atoms with Gasteiger partial charge in [-0.2, -0.15) is 0 Å². The number of carbonyl (C=O) groups excluding carboxylic acids is 3. The molecule has 5 atom stereocenters. The lowest BCUT2D eigenvalue weighted by Crippen LogP contribution is -2.25. The molecular weight excluding hydrogens is 773 g/mol. The van der Waals surface area contributed by atoms with Crippen LogP contribution < -0.4 is 16.0 Å². The highest BCUT2D eigenvalue weighted by atomic mass is 16.5. The van der Waals surface area contributed by atoms with E-state index in [2.05, 4.69) is 100 Å². The molecule has 1 fully saturated rings. The molecular formula is C53H72N4O5. The van der Waals surface area contributed by atoms with Crippen molar-refractivity contribution in [3.05, 3.63) is 96.5 Å². The zero-order valence-corrected chi connectivity index (χ0v) is 39.2. The van der Waals surface area contributed by atoms with Gasteiger partial charge in [0.2, 0.25) is 0 Å². The van der Waals surface area contributed by atoms with E-state index in [0.717, 1.165) is 92.5 Å². The van der Waals surface area contributed by atoms with E-state index in [9.17, 15) is 14.4 Å². The quantitative estimate of drug-likeness (QED) is 0.0540. The number of methoxy groups -OCH3 is 1. The lowest BCUT2D eigenvalue weighted by molar-refractivity contribution is -0.143. The molecule has 0 aromatic carbocycles. The van der Waals surface area contributed by atoms with Crippen LogP contribution in [-0.4, -0.2) is 46.4 Å². The van der Waals surface area contributed by atoms with Gasteiger partial charge in [0.05, 0.1) is 12.8 Å². The number of ketones is 1. The number of rotatable bonds is 19. The fourth-order valence-electron chi connectivity index (χ4n) is 10.1. The summed E-state index contributed by atoms with van der Waals surface area (Å²) in [5.41, 5.74) is 12.5. The minimum Gasteiger partial charge on any atom is -0.468 e. The van der Waals surface area contributed by atoms with Crippen LogP contribution in [0.4, 0.5) is 0 Å². The van der Waals surface area contributed by atoms with E-state index in [-0.39, 0.29) is 36.6 Å². The van der Waals surface area contributed by atoms with E-state index in [1.165, 1.54) is 63.2 Å². The zero-order valence-electron chi connectivity index (χ0n) is 39.2. The Labute approximate surface area is 369 Å². The molecule has 0 amide bonds. The number of nitrogens with one attached hydrogen (secondary N) is 4. The Morgan fingerprint density at radius 1 is 0.855 bits per heavy atom. The molecule has 4 N–H and O–H groups in total. The smallest absolute Gasteiger partial charge is 0.321 e. The summed E-state index contributed by atoms with van der Waals surface area (Å²) in [4.78, 5) is 52.3. The van der Waals surface area contributed by atoms with Crippen LogP contribution in [0.1, 0.15) is 173 Å². The summed E-state index contributed by atoms with van der Waals surface area (Å²) >= 11 is 0. The Morgan fingerprint density at radius 3 is 2.21 bits per heavy atom. The predicted molar refractivity (Wildman–Crippen MR) is 252 cm³/mol. The number of esters is 2. The SMILES string of the molecule is C=Cc1c2[nH]c(c1C)/C=C1\N/C(=C3\c4[nH]c(c(C)c4C(=O)[C@@H]3C(=O)OC)/C=c3\[nH]/c(c(C)c3CC)=C\2)[C@@H](CCC(=O)OC/C=C(/C)CCC[C@H](C)CCC[C@H](C)CCCC)[C@@H]1C. The summed E-state index contributed by atoms with van der Waals surface area (Å²) in [7, 11) is 1.32. The van der Waals surface area contributed by atoms with Crippen molar-refractivity contribution in [2.45, 2.75) is 139 Å². The van der Waals surface area contributed by atoms with Crippen molar-refractivity contribution in [1.29, 1.82) is 0 Å². The number of unbranched alkanes of at least 4 members (excludes halogenated alkanes) is 1. The highest BCUT2D eigenvalue weighted by Gasteiger charge is 2.48. The second-order valence-corrected chi connectivity index (χ2v) is 18.5. The number of ether oxygens (including phenoxy) is 2. The number of fused-ring (bicyclic) bond motifs is 7. The Kier molecular flexibility index (Phi) is 15.3. The first-order valence-corrected chi connectivity index (χ1v) is 23.4. The third kappa shape index (κ3) is 9.77. The Hall–Kier alpha value is -5.05. The molecule has 8 bridgehead atoms. The molecule has 0 radical (unpaired) electrons. The fraction of sp³-hybridized carbons (Fsp3) is 0.528. The van der Waals surface area contributed by atoms with Crippen molar-refractivity contribution in [3.63, 3.8) is 0 Å². The molecule has 62 heavy (non-hydrogen) atoms. The van der Waals surface area contributed by atoms with E-state index in [1.54, 1.807) is 0 Å². The van der Waals surface area contributed by atoms with E-state index in [1.807, 2.05) is 19.1 Å². The third-order valence-corrected chi connectivity index (χ3v) is 14.1. The molecule has 0 spiro atoms. The van der Waals surface area contributed by atoms with E-state index in [0.29, 0.717) is 23.3 Å². The summed E-state index contributed by atoms with van der Waals surface area (Å²) in [5.74, 6) is -1.06. The van der Waals surface area contributed by atoms with Crippen molar-refractivity contribution in [2.75, 3.05) is 13.7 Å². The summed E-state index contributed by atoms with van der Waals surface area (Å²) in [6.07, 6.45) is 23.0. The first-order chi connectivity index (χ1) is 29.7. The Bertz CT molecular complexity index is 2400.